The Morgan fingerprint density at radius 3 is 2.42 bits per heavy atom. The standard InChI is InChI=1S/C21H16N2O/c22-14-20(21(24)23-15-16-6-2-1-3-7-16)13-17-10-11-18-8-4-5-9-19(18)12-17/h1-13H,15H2,(H,23,24)/b20-13+. The van der Waals surface area contributed by atoms with Crippen LogP contribution in [0, 0.1) is 11.3 Å². The number of hydrogen-bond acceptors (Lipinski definition) is 2. The number of carbonyl (C=O) groups is 1. The topological polar surface area (TPSA) is 52.9 Å². The van der Waals surface area contributed by atoms with E-state index < -0.39 is 0 Å². The Kier molecular flexibility index (Phi) is 4.69. The van der Waals surface area contributed by atoms with Crippen LogP contribution in [0.5, 0.6) is 0 Å². The van der Waals surface area contributed by atoms with Crippen molar-refractivity contribution < 1.29 is 4.79 Å². The normalized spacial score (nSPS) is 11.0. The molecule has 3 heteroatoms. The molecule has 3 rings (SSSR count). The fourth-order valence-corrected chi connectivity index (χ4v) is 2.49. The number of nitriles is 1. The predicted molar refractivity (Wildman–Crippen MR) is 95.8 cm³/mol. The Labute approximate surface area is 140 Å². The number of fused-ring (bicyclic) bond motifs is 1. The van der Waals surface area contributed by atoms with E-state index in [9.17, 15) is 10.1 Å². The van der Waals surface area contributed by atoms with Crippen molar-refractivity contribution in [1.82, 2.24) is 5.32 Å². The number of benzene rings is 3. The summed E-state index contributed by atoms with van der Waals surface area (Å²) >= 11 is 0. The van der Waals surface area contributed by atoms with Gasteiger partial charge in [-0.05, 0) is 34.0 Å². The Hall–Kier alpha value is -3.38. The molecule has 0 atom stereocenters. The lowest BCUT2D eigenvalue weighted by molar-refractivity contribution is -0.117. The molecule has 1 amide bonds. The number of carbonyl (C=O) groups excluding carboxylic acids is 1. The van der Waals surface area contributed by atoms with Crippen molar-refractivity contribution in [3.8, 4) is 6.07 Å². The molecule has 0 bridgehead atoms. The minimum Gasteiger partial charge on any atom is -0.347 e. The van der Waals surface area contributed by atoms with Gasteiger partial charge < -0.3 is 5.32 Å². The molecule has 3 nitrogen and oxygen atoms in total. The van der Waals surface area contributed by atoms with Crippen LogP contribution in [0.3, 0.4) is 0 Å². The molecule has 0 fully saturated rings. The molecule has 0 radical (unpaired) electrons. The van der Waals surface area contributed by atoms with E-state index in [4.69, 9.17) is 0 Å². The lowest BCUT2D eigenvalue weighted by atomic mass is 10.0. The van der Waals surface area contributed by atoms with E-state index in [0.29, 0.717) is 6.54 Å². The molecular formula is C21H16N2O. The van der Waals surface area contributed by atoms with Crippen LogP contribution in [0.4, 0.5) is 0 Å². The Balaban J connectivity index is 1.77. The van der Waals surface area contributed by atoms with Crippen LogP contribution in [-0.2, 0) is 11.3 Å². The highest BCUT2D eigenvalue weighted by Crippen LogP contribution is 2.17. The van der Waals surface area contributed by atoms with Crippen molar-refractivity contribution in [2.75, 3.05) is 0 Å². The lowest BCUT2D eigenvalue weighted by Gasteiger charge is -2.05. The van der Waals surface area contributed by atoms with Gasteiger partial charge in [-0.3, -0.25) is 4.79 Å². The Morgan fingerprint density at radius 1 is 0.958 bits per heavy atom. The molecule has 0 spiro atoms. The number of hydrogen-bond donors (Lipinski definition) is 1. The maximum atomic E-state index is 12.2. The largest absolute Gasteiger partial charge is 0.347 e. The average Bonchev–Trinajstić information content (AvgIpc) is 2.65. The van der Waals surface area contributed by atoms with Gasteiger partial charge in [-0.2, -0.15) is 5.26 Å². The molecule has 116 valence electrons. The summed E-state index contributed by atoms with van der Waals surface area (Å²) in [5.41, 5.74) is 1.93. The van der Waals surface area contributed by atoms with Gasteiger partial charge in [0.25, 0.3) is 5.91 Å². The van der Waals surface area contributed by atoms with E-state index in [1.165, 1.54) is 0 Å². The molecule has 0 aliphatic heterocycles. The van der Waals surface area contributed by atoms with Gasteiger partial charge in [-0.1, -0.05) is 66.7 Å². The van der Waals surface area contributed by atoms with Gasteiger partial charge >= 0.3 is 0 Å². The minimum absolute atomic E-state index is 0.0983. The highest BCUT2D eigenvalue weighted by atomic mass is 16.1. The highest BCUT2D eigenvalue weighted by molar-refractivity contribution is 6.02. The zero-order valence-corrected chi connectivity index (χ0v) is 13.1. The van der Waals surface area contributed by atoms with Gasteiger partial charge in [0.15, 0.2) is 0 Å². The summed E-state index contributed by atoms with van der Waals surface area (Å²) in [6.45, 7) is 0.399. The summed E-state index contributed by atoms with van der Waals surface area (Å²) in [5, 5.41) is 14.3. The van der Waals surface area contributed by atoms with E-state index in [0.717, 1.165) is 21.9 Å². The molecule has 0 aromatic heterocycles. The van der Waals surface area contributed by atoms with Gasteiger partial charge in [-0.25, -0.2) is 0 Å². The lowest BCUT2D eigenvalue weighted by Crippen LogP contribution is -2.23. The average molecular weight is 312 g/mol. The van der Waals surface area contributed by atoms with E-state index in [-0.39, 0.29) is 11.5 Å². The summed E-state index contributed by atoms with van der Waals surface area (Å²) in [4.78, 5) is 12.2. The monoisotopic (exact) mass is 312 g/mol. The molecule has 0 unspecified atom stereocenters. The summed E-state index contributed by atoms with van der Waals surface area (Å²) in [5.74, 6) is -0.366. The molecular weight excluding hydrogens is 296 g/mol. The van der Waals surface area contributed by atoms with Gasteiger partial charge in [0.1, 0.15) is 11.6 Å². The molecule has 0 saturated heterocycles. The van der Waals surface area contributed by atoms with E-state index >= 15 is 0 Å². The van der Waals surface area contributed by atoms with Gasteiger partial charge in [0.2, 0.25) is 0 Å². The molecule has 0 aliphatic carbocycles. The summed E-state index contributed by atoms with van der Waals surface area (Å²) in [7, 11) is 0. The predicted octanol–water partition coefficient (Wildman–Crippen LogP) is 4.06. The third-order valence-electron chi connectivity index (χ3n) is 3.75. The second-order valence-electron chi connectivity index (χ2n) is 5.44. The van der Waals surface area contributed by atoms with Crippen LogP contribution < -0.4 is 5.32 Å². The first kappa shape index (κ1) is 15.5. The van der Waals surface area contributed by atoms with E-state index in [2.05, 4.69) is 5.32 Å². The fraction of sp³-hybridized carbons (Fsp3) is 0.0476. The van der Waals surface area contributed by atoms with Crippen molar-refractivity contribution in [3.63, 3.8) is 0 Å². The molecule has 24 heavy (non-hydrogen) atoms. The molecule has 0 aliphatic rings. The van der Waals surface area contributed by atoms with Crippen LogP contribution in [0.25, 0.3) is 16.8 Å². The van der Waals surface area contributed by atoms with Crippen molar-refractivity contribution in [3.05, 3.63) is 89.5 Å². The number of rotatable bonds is 4. The number of nitrogens with zero attached hydrogens (tertiary/aromatic N) is 1. The summed E-state index contributed by atoms with van der Waals surface area (Å²) in [6, 6.07) is 25.4. The molecule has 3 aromatic carbocycles. The summed E-state index contributed by atoms with van der Waals surface area (Å²) in [6.07, 6.45) is 1.62. The summed E-state index contributed by atoms with van der Waals surface area (Å²) < 4.78 is 0. The van der Waals surface area contributed by atoms with E-state index in [1.54, 1.807) is 6.08 Å². The van der Waals surface area contributed by atoms with Crippen molar-refractivity contribution in [2.45, 2.75) is 6.54 Å². The van der Waals surface area contributed by atoms with Gasteiger partial charge in [-0.15, -0.1) is 0 Å². The Morgan fingerprint density at radius 2 is 1.67 bits per heavy atom. The van der Waals surface area contributed by atoms with Crippen LogP contribution in [0.15, 0.2) is 78.4 Å². The molecule has 1 N–H and O–H groups in total. The SMILES string of the molecule is N#C/C(=C\c1ccc2ccccc2c1)C(=O)NCc1ccccc1. The van der Waals surface area contributed by atoms with Crippen LogP contribution >= 0.6 is 0 Å². The van der Waals surface area contributed by atoms with Crippen LogP contribution in [0.1, 0.15) is 11.1 Å². The maximum absolute atomic E-state index is 12.2. The number of nitrogens with one attached hydrogen (secondary N) is 1. The fourth-order valence-electron chi connectivity index (χ4n) is 2.49. The van der Waals surface area contributed by atoms with Crippen LogP contribution in [-0.4, -0.2) is 5.91 Å². The minimum atomic E-state index is -0.366. The second kappa shape index (κ2) is 7.26. The second-order valence-corrected chi connectivity index (χ2v) is 5.44. The smallest absolute Gasteiger partial charge is 0.262 e. The zero-order chi connectivity index (χ0) is 16.8. The Bertz CT molecular complexity index is 937. The van der Waals surface area contributed by atoms with Crippen molar-refractivity contribution in [1.29, 1.82) is 5.26 Å². The first-order valence-electron chi connectivity index (χ1n) is 7.69. The quantitative estimate of drug-likeness (QED) is 0.583. The maximum Gasteiger partial charge on any atom is 0.262 e. The number of amides is 1. The molecule has 0 saturated carbocycles. The first-order chi connectivity index (χ1) is 11.8. The third kappa shape index (κ3) is 3.68. The van der Waals surface area contributed by atoms with Crippen molar-refractivity contribution in [2.24, 2.45) is 0 Å². The molecule has 0 heterocycles. The first-order valence-corrected chi connectivity index (χ1v) is 7.69. The van der Waals surface area contributed by atoms with Crippen molar-refractivity contribution >= 4 is 22.8 Å². The highest BCUT2D eigenvalue weighted by Gasteiger charge is 2.08. The van der Waals surface area contributed by atoms with Gasteiger partial charge in [0, 0.05) is 6.54 Å². The van der Waals surface area contributed by atoms with Crippen LogP contribution in [0.2, 0.25) is 0 Å². The van der Waals surface area contributed by atoms with E-state index in [1.807, 2.05) is 78.9 Å². The zero-order valence-electron chi connectivity index (χ0n) is 13.1. The third-order valence-corrected chi connectivity index (χ3v) is 3.75. The van der Waals surface area contributed by atoms with Gasteiger partial charge in [0.05, 0.1) is 0 Å². The molecule has 3 aromatic rings.